The zero-order valence-corrected chi connectivity index (χ0v) is 55.6. The van der Waals surface area contributed by atoms with E-state index in [2.05, 4.69) is 83.1 Å². The van der Waals surface area contributed by atoms with Gasteiger partial charge in [-0.05, 0) is 165 Å². The number of fused-ring (bicyclic) bond motifs is 16. The van der Waals surface area contributed by atoms with Crippen LogP contribution in [0.5, 0.6) is 23.0 Å². The number of phenols is 4. The van der Waals surface area contributed by atoms with Crippen LogP contribution in [0.2, 0.25) is 0 Å². The van der Waals surface area contributed by atoms with Crippen LogP contribution in [-0.4, -0.2) is 127 Å². The van der Waals surface area contributed by atoms with Crippen LogP contribution in [0.4, 0.5) is 0 Å². The van der Waals surface area contributed by atoms with Crippen LogP contribution in [0.25, 0.3) is 66.9 Å². The highest BCUT2D eigenvalue weighted by molar-refractivity contribution is 5.98. The summed E-state index contributed by atoms with van der Waals surface area (Å²) in [6.07, 6.45) is 0. The molecular weight excluding hydrogens is 1240 g/mol. The maximum absolute atomic E-state index is 14.6. The fourth-order valence-electron chi connectivity index (χ4n) is 12.8. The lowest BCUT2D eigenvalue weighted by Crippen LogP contribution is -2.44. The van der Waals surface area contributed by atoms with Crippen molar-refractivity contribution in [1.29, 1.82) is 0 Å². The van der Waals surface area contributed by atoms with Crippen LogP contribution < -0.4 is 0 Å². The van der Waals surface area contributed by atoms with Gasteiger partial charge in [-0.25, -0.2) is 19.2 Å². The van der Waals surface area contributed by atoms with E-state index in [4.69, 9.17) is 18.9 Å². The molecule has 97 heavy (non-hydrogen) atoms. The molecule has 24 nitrogen and oxygen atoms in total. The van der Waals surface area contributed by atoms with Crippen molar-refractivity contribution in [2.75, 3.05) is 26.4 Å². The zero-order valence-electron chi connectivity index (χ0n) is 55.6. The Hall–Kier alpha value is -11.6. The lowest BCUT2D eigenvalue weighted by Gasteiger charge is -2.31. The Kier molecular flexibility index (Phi) is 12.6. The number of carbonyl (C=O) groups is 4. The molecule has 0 saturated carbocycles. The molecule has 0 atom stereocenters. The molecule has 0 saturated heterocycles. The molecule has 0 fully saturated rings. The monoisotopic (exact) mass is 1310 g/mol. The highest BCUT2D eigenvalue weighted by atomic mass is 16.6. The summed E-state index contributed by atoms with van der Waals surface area (Å²) in [7, 11) is 0. The molecule has 4 N–H and O–H groups in total. The van der Waals surface area contributed by atoms with Gasteiger partial charge in [-0.3, -0.25) is 0 Å². The Bertz CT molecular complexity index is 5100. The number of phenolic OH excluding ortho intramolecular Hbond substituents is 4. The first-order valence-electron chi connectivity index (χ1n) is 32.1. The quantitative estimate of drug-likeness (QED) is 0.0522. The summed E-state index contributed by atoms with van der Waals surface area (Å²) < 4.78 is 39.5. The first-order chi connectivity index (χ1) is 45.9. The van der Waals surface area contributed by atoms with E-state index in [9.17, 15) is 39.6 Å². The topological polar surface area (TPSA) is 241 Å². The van der Waals surface area contributed by atoms with Gasteiger partial charge in [0.25, 0.3) is 0 Å². The van der Waals surface area contributed by atoms with E-state index < -0.39 is 55.7 Å². The maximum Gasteiger partial charge on any atom is 0.338 e. The first-order valence-corrected chi connectivity index (χ1v) is 32.1. The molecule has 0 unspecified atom stereocenters. The summed E-state index contributed by atoms with van der Waals surface area (Å²) in [6.45, 7) is 22.6. The van der Waals surface area contributed by atoms with Gasteiger partial charge in [0, 0.05) is 0 Å². The molecule has 496 valence electrons. The van der Waals surface area contributed by atoms with E-state index in [1.165, 1.54) is 0 Å². The summed E-state index contributed by atoms with van der Waals surface area (Å²) in [6, 6.07) is 42.0. The number of ether oxygens (including phenoxy) is 4. The van der Waals surface area contributed by atoms with Crippen LogP contribution >= 0.6 is 0 Å². The van der Waals surface area contributed by atoms with Crippen molar-refractivity contribution in [3.05, 3.63) is 190 Å². The number of rotatable bonds is 16. The molecular formula is C73H72N12O12. The minimum absolute atomic E-state index is 0.0714. The average molecular weight is 1310 g/mol. The van der Waals surface area contributed by atoms with Crippen molar-refractivity contribution in [2.24, 2.45) is 5.41 Å². The molecule has 0 radical (unpaired) electrons. The van der Waals surface area contributed by atoms with E-state index in [0.717, 1.165) is 44.3 Å². The molecule has 16 aromatic rings. The first kappa shape index (κ1) is 60.4. The molecule has 8 aromatic carbocycles. The van der Waals surface area contributed by atoms with Gasteiger partial charge in [0.05, 0.1) is 22.3 Å². The third-order valence-corrected chi connectivity index (χ3v) is 18.9. The molecule has 0 bridgehead atoms. The third-order valence-electron chi connectivity index (χ3n) is 18.9. The average Bonchev–Trinajstić information content (AvgIpc) is 1.54. The van der Waals surface area contributed by atoms with Gasteiger partial charge in [0.1, 0.15) is 122 Å². The van der Waals surface area contributed by atoms with Crippen LogP contribution in [-0.2, 0) is 40.6 Å². The van der Waals surface area contributed by atoms with Gasteiger partial charge >= 0.3 is 23.9 Å². The third kappa shape index (κ3) is 9.60. The van der Waals surface area contributed by atoms with E-state index in [-0.39, 0.29) is 66.9 Å². The van der Waals surface area contributed by atoms with E-state index in [0.29, 0.717) is 44.8 Å². The number of aromatic nitrogens is 12. The lowest BCUT2D eigenvalue weighted by atomic mass is 9.87. The maximum atomic E-state index is 14.6. The number of carbonyl (C=O) groups excluding carboxylic acids is 4. The van der Waals surface area contributed by atoms with Gasteiger partial charge in [0.15, 0.2) is 0 Å². The predicted molar refractivity (Wildman–Crippen MR) is 360 cm³/mol. The minimum Gasteiger partial charge on any atom is -0.506 e. The van der Waals surface area contributed by atoms with Crippen LogP contribution in [0, 0.1) is 5.41 Å². The number of aromatic hydroxyl groups is 4. The van der Waals surface area contributed by atoms with Crippen molar-refractivity contribution < 1.29 is 58.6 Å². The van der Waals surface area contributed by atoms with Gasteiger partial charge in [-0.2, -0.15) is 0 Å². The predicted octanol–water partition coefficient (Wildman–Crippen LogP) is 12.3. The van der Waals surface area contributed by atoms with E-state index >= 15 is 0 Å². The lowest BCUT2D eigenvalue weighted by molar-refractivity contribution is -0.0642. The number of hydrogen-bond donors (Lipinski definition) is 4. The molecule has 0 amide bonds. The largest absolute Gasteiger partial charge is 0.506 e. The summed E-state index contributed by atoms with van der Waals surface area (Å²) >= 11 is 0. The fraction of sp³-hybridized carbons (Fsp3) is 0.288. The van der Waals surface area contributed by atoms with Crippen molar-refractivity contribution in [1.82, 2.24) is 56.2 Å². The molecule has 8 aromatic heterocycles. The molecule has 16 rings (SSSR count). The van der Waals surface area contributed by atoms with Gasteiger partial charge in [-0.15, -0.1) is 56.2 Å². The Morgan fingerprint density at radius 3 is 0.670 bits per heavy atom. The standard InChI is InChI=1S/C73H72N12O12/c1-69(2,3)45-17-25-61(86)57(33-45)82-74-49-21-13-41(29-53(49)78(74)82)65(90)94-37-73(38-95-66(91)42-14-22-50-54(30-42)79-75(50)83(79)58-34-46(70(4,5)6)18-26-62(58)87,39-96-67(92)43-15-23-51-55(31-43)80-76(51)84(80)59-35-47(71(7,8)9)19-27-63(59)88)40-97-68(93)44-16-24-52-56(32-44)81-77(52)85(81)60-36-48(72(10,11)12)20-28-64(60)89/h13-36,86-89H,37-40H2,1-12H3. The highest BCUT2D eigenvalue weighted by Gasteiger charge is 2.41. The second-order valence-corrected chi connectivity index (χ2v) is 29.9. The van der Waals surface area contributed by atoms with Crippen molar-refractivity contribution in [2.45, 2.75) is 105 Å². The minimum atomic E-state index is -1.78. The molecule has 24 heteroatoms. The van der Waals surface area contributed by atoms with E-state index in [1.807, 2.05) is 67.1 Å². The summed E-state index contributed by atoms with van der Waals surface area (Å²) in [4.78, 5) is 65.6. The highest BCUT2D eigenvalue weighted by Crippen LogP contribution is 2.40. The summed E-state index contributed by atoms with van der Waals surface area (Å²) in [5.74, 6) is -2.89. The normalized spacial score (nSPS) is 13.2. The van der Waals surface area contributed by atoms with Crippen molar-refractivity contribution in [3.8, 4) is 45.7 Å². The van der Waals surface area contributed by atoms with Crippen LogP contribution in [0.15, 0.2) is 146 Å². The molecule has 8 heterocycles. The van der Waals surface area contributed by atoms with Crippen LogP contribution in [0.3, 0.4) is 0 Å². The molecule has 0 aliphatic heterocycles. The number of benzene rings is 8. The second-order valence-electron chi connectivity index (χ2n) is 29.9. The van der Waals surface area contributed by atoms with Crippen molar-refractivity contribution in [3.63, 3.8) is 0 Å². The Morgan fingerprint density at radius 2 is 0.474 bits per heavy atom. The summed E-state index contributed by atoms with van der Waals surface area (Å²) in [5.41, 5.74) is 9.96. The number of esters is 4. The molecule has 0 aliphatic carbocycles. The Balaban J connectivity index is 0.730. The summed E-state index contributed by atoms with van der Waals surface area (Å²) in [5, 5.41) is 44.2. The molecule has 0 aliphatic rings. The van der Waals surface area contributed by atoms with Gasteiger partial charge in [0.2, 0.25) is 0 Å². The molecule has 0 spiro atoms. The Labute approximate surface area is 552 Å². The second kappa shape index (κ2) is 20.2. The SMILES string of the molecule is CC(C)(C)c1ccc(O)c(-n2n3c4ccc(C(=O)OCC(COC(=O)c5ccc6c(c5)n5n(-c7cc(C(C)(C)C)ccc7O)n65)(COC(=O)c5ccc6c(c5)n5n(-c7cc(C(C)(C)C)ccc7O)n65)COC(=O)c5ccc6c(c5)n5n(-c7cc(C(C)(C)C)ccc7O)n65)cc4n23)c1. The van der Waals surface area contributed by atoms with Crippen molar-refractivity contribution >= 4 is 68.0 Å². The van der Waals surface area contributed by atoms with E-state index in [1.54, 1.807) is 135 Å². The van der Waals surface area contributed by atoms with Gasteiger partial charge in [-0.1, -0.05) is 107 Å². The smallest absolute Gasteiger partial charge is 0.338 e. The fourth-order valence-corrected chi connectivity index (χ4v) is 12.8. The van der Waals surface area contributed by atoms with Crippen LogP contribution in [0.1, 0.15) is 147 Å². The zero-order chi connectivity index (χ0) is 68.2. The van der Waals surface area contributed by atoms with Gasteiger partial charge < -0.3 is 39.4 Å². The number of hydrogen-bond acceptors (Lipinski definition) is 12. The Morgan fingerprint density at radius 1 is 0.278 bits per heavy atom. The number of nitrogens with zero attached hydrogens (tertiary/aromatic N) is 12.